The summed E-state index contributed by atoms with van der Waals surface area (Å²) in [4.78, 5) is 2.63. The van der Waals surface area contributed by atoms with Gasteiger partial charge in [-0.3, -0.25) is 4.90 Å². The van der Waals surface area contributed by atoms with E-state index in [4.69, 9.17) is 10.5 Å². The zero-order chi connectivity index (χ0) is 12.4. The zero-order valence-electron chi connectivity index (χ0n) is 11.5. The number of rotatable bonds is 2. The van der Waals surface area contributed by atoms with Crippen molar-refractivity contribution < 1.29 is 4.74 Å². The third-order valence-electron chi connectivity index (χ3n) is 4.51. The van der Waals surface area contributed by atoms with Gasteiger partial charge in [-0.2, -0.15) is 0 Å². The summed E-state index contributed by atoms with van der Waals surface area (Å²) >= 11 is 0. The monoisotopic (exact) mass is 240 g/mol. The predicted octanol–water partition coefficient (Wildman–Crippen LogP) is 2.15. The van der Waals surface area contributed by atoms with Crippen LogP contribution in [0.1, 0.15) is 52.4 Å². The fraction of sp³-hybridized carbons (Fsp3) is 1.00. The summed E-state index contributed by atoms with van der Waals surface area (Å²) in [6.45, 7) is 8.14. The summed E-state index contributed by atoms with van der Waals surface area (Å²) in [6, 6.07) is 0. The molecule has 1 saturated heterocycles. The molecule has 0 bridgehead atoms. The standard InChI is InChI=1S/C14H28N2O/c1-13(2)12-16(9-10-17-13)14(11-15)7-5-3-4-6-8-14/h3-12,15H2,1-2H3. The van der Waals surface area contributed by atoms with Gasteiger partial charge in [0.25, 0.3) is 0 Å². The quantitative estimate of drug-likeness (QED) is 0.752. The summed E-state index contributed by atoms with van der Waals surface area (Å²) in [5.74, 6) is 0. The van der Waals surface area contributed by atoms with Crippen LogP contribution in [0.4, 0.5) is 0 Å². The highest BCUT2D eigenvalue weighted by molar-refractivity contribution is 4.96. The van der Waals surface area contributed by atoms with Crippen LogP contribution >= 0.6 is 0 Å². The smallest absolute Gasteiger partial charge is 0.0753 e. The van der Waals surface area contributed by atoms with E-state index in [1.807, 2.05) is 0 Å². The van der Waals surface area contributed by atoms with E-state index < -0.39 is 0 Å². The minimum absolute atomic E-state index is 0.00722. The number of hydrogen-bond donors (Lipinski definition) is 1. The first-order chi connectivity index (χ1) is 8.08. The Bertz CT molecular complexity index is 245. The number of nitrogens with two attached hydrogens (primary N) is 1. The average Bonchev–Trinajstić information content (AvgIpc) is 2.53. The van der Waals surface area contributed by atoms with Crippen molar-refractivity contribution in [1.29, 1.82) is 0 Å². The lowest BCUT2D eigenvalue weighted by Gasteiger charge is -2.49. The number of hydrogen-bond acceptors (Lipinski definition) is 3. The highest BCUT2D eigenvalue weighted by Crippen LogP contribution is 2.34. The lowest BCUT2D eigenvalue weighted by atomic mass is 9.86. The van der Waals surface area contributed by atoms with Crippen LogP contribution in [-0.4, -0.2) is 42.3 Å². The topological polar surface area (TPSA) is 38.5 Å². The van der Waals surface area contributed by atoms with E-state index in [0.29, 0.717) is 0 Å². The molecule has 17 heavy (non-hydrogen) atoms. The third-order valence-corrected chi connectivity index (χ3v) is 4.51. The molecule has 3 nitrogen and oxygen atoms in total. The molecule has 2 rings (SSSR count). The Morgan fingerprint density at radius 3 is 2.29 bits per heavy atom. The first-order valence-electron chi connectivity index (χ1n) is 7.17. The molecule has 0 aromatic heterocycles. The van der Waals surface area contributed by atoms with Gasteiger partial charge in [0.1, 0.15) is 0 Å². The summed E-state index contributed by atoms with van der Waals surface area (Å²) in [5, 5.41) is 0. The maximum absolute atomic E-state index is 6.14. The largest absolute Gasteiger partial charge is 0.373 e. The molecule has 2 fully saturated rings. The Hall–Kier alpha value is -0.120. The molecule has 1 aliphatic heterocycles. The second kappa shape index (κ2) is 5.25. The van der Waals surface area contributed by atoms with Gasteiger partial charge in [-0.15, -0.1) is 0 Å². The number of morpholine rings is 1. The maximum atomic E-state index is 6.14. The molecule has 2 N–H and O–H groups in total. The fourth-order valence-corrected chi connectivity index (χ4v) is 3.46. The van der Waals surface area contributed by atoms with E-state index in [0.717, 1.165) is 26.2 Å². The maximum Gasteiger partial charge on any atom is 0.0753 e. The Morgan fingerprint density at radius 2 is 1.76 bits per heavy atom. The summed E-state index contributed by atoms with van der Waals surface area (Å²) in [5.41, 5.74) is 6.40. The van der Waals surface area contributed by atoms with Crippen molar-refractivity contribution in [2.24, 2.45) is 5.73 Å². The molecule has 0 aromatic rings. The van der Waals surface area contributed by atoms with E-state index in [-0.39, 0.29) is 11.1 Å². The van der Waals surface area contributed by atoms with Gasteiger partial charge < -0.3 is 10.5 Å². The molecule has 0 unspecified atom stereocenters. The molecule has 1 saturated carbocycles. The molecular formula is C14H28N2O. The molecule has 3 heteroatoms. The molecular weight excluding hydrogens is 212 g/mol. The van der Waals surface area contributed by atoms with Crippen LogP contribution in [0.25, 0.3) is 0 Å². The summed E-state index contributed by atoms with van der Waals surface area (Å²) in [7, 11) is 0. The molecule has 2 aliphatic rings. The van der Waals surface area contributed by atoms with Crippen molar-refractivity contribution in [2.45, 2.75) is 63.5 Å². The van der Waals surface area contributed by atoms with Gasteiger partial charge in [0.05, 0.1) is 12.2 Å². The third kappa shape index (κ3) is 3.01. The van der Waals surface area contributed by atoms with Crippen molar-refractivity contribution in [1.82, 2.24) is 4.90 Å². The lowest BCUT2D eigenvalue weighted by Crippen LogP contribution is -2.61. The van der Waals surface area contributed by atoms with Gasteiger partial charge in [-0.05, 0) is 26.7 Å². The Kier molecular flexibility index (Phi) is 4.11. The normalized spacial score (nSPS) is 29.8. The highest BCUT2D eigenvalue weighted by atomic mass is 16.5. The van der Waals surface area contributed by atoms with E-state index in [1.165, 1.54) is 38.5 Å². The first-order valence-corrected chi connectivity index (χ1v) is 7.17. The molecule has 0 atom stereocenters. The molecule has 0 radical (unpaired) electrons. The van der Waals surface area contributed by atoms with E-state index in [9.17, 15) is 0 Å². The SMILES string of the molecule is CC1(C)CN(C2(CN)CCCCCC2)CCO1. The second-order valence-electron chi connectivity index (χ2n) is 6.37. The minimum Gasteiger partial charge on any atom is -0.373 e. The highest BCUT2D eigenvalue weighted by Gasteiger charge is 2.40. The molecule has 0 aromatic carbocycles. The van der Waals surface area contributed by atoms with E-state index >= 15 is 0 Å². The fourth-order valence-electron chi connectivity index (χ4n) is 3.46. The molecule has 100 valence electrons. The van der Waals surface area contributed by atoms with Crippen LogP contribution in [0.15, 0.2) is 0 Å². The van der Waals surface area contributed by atoms with Crippen molar-refractivity contribution in [3.05, 3.63) is 0 Å². The Morgan fingerprint density at radius 1 is 1.12 bits per heavy atom. The average molecular weight is 240 g/mol. The molecule has 0 amide bonds. The zero-order valence-corrected chi connectivity index (χ0v) is 11.5. The lowest BCUT2D eigenvalue weighted by molar-refractivity contribution is -0.118. The number of nitrogens with zero attached hydrogens (tertiary/aromatic N) is 1. The van der Waals surface area contributed by atoms with Crippen molar-refractivity contribution >= 4 is 0 Å². The Labute approximate surface area is 106 Å². The van der Waals surface area contributed by atoms with Crippen LogP contribution in [0.5, 0.6) is 0 Å². The van der Waals surface area contributed by atoms with Crippen molar-refractivity contribution in [2.75, 3.05) is 26.2 Å². The molecule has 1 aliphatic carbocycles. The molecule has 1 heterocycles. The van der Waals surface area contributed by atoms with Gasteiger partial charge in [0.2, 0.25) is 0 Å². The van der Waals surface area contributed by atoms with E-state index in [1.54, 1.807) is 0 Å². The number of ether oxygens (including phenoxy) is 1. The van der Waals surface area contributed by atoms with Crippen LogP contribution in [0.3, 0.4) is 0 Å². The van der Waals surface area contributed by atoms with Gasteiger partial charge >= 0.3 is 0 Å². The second-order valence-corrected chi connectivity index (χ2v) is 6.37. The van der Waals surface area contributed by atoms with Crippen molar-refractivity contribution in [3.8, 4) is 0 Å². The van der Waals surface area contributed by atoms with Gasteiger partial charge in [0.15, 0.2) is 0 Å². The first kappa shape index (κ1) is 13.3. The summed E-state index contributed by atoms with van der Waals surface area (Å²) < 4.78 is 5.82. The van der Waals surface area contributed by atoms with Crippen LogP contribution in [0.2, 0.25) is 0 Å². The minimum atomic E-state index is -0.00722. The van der Waals surface area contributed by atoms with Gasteiger partial charge in [0, 0.05) is 25.2 Å². The predicted molar refractivity (Wildman–Crippen MR) is 71.1 cm³/mol. The summed E-state index contributed by atoms with van der Waals surface area (Å²) in [6.07, 6.45) is 8.01. The van der Waals surface area contributed by atoms with Crippen molar-refractivity contribution in [3.63, 3.8) is 0 Å². The molecule has 0 spiro atoms. The van der Waals surface area contributed by atoms with Crippen LogP contribution in [-0.2, 0) is 4.74 Å². The van der Waals surface area contributed by atoms with Crippen LogP contribution < -0.4 is 5.73 Å². The van der Waals surface area contributed by atoms with Crippen LogP contribution in [0, 0.1) is 0 Å². The Balaban J connectivity index is 2.10. The van der Waals surface area contributed by atoms with E-state index in [2.05, 4.69) is 18.7 Å². The van der Waals surface area contributed by atoms with Gasteiger partial charge in [-0.25, -0.2) is 0 Å². The van der Waals surface area contributed by atoms with Gasteiger partial charge in [-0.1, -0.05) is 25.7 Å².